The van der Waals surface area contributed by atoms with Gasteiger partial charge in [-0.25, -0.2) is 0 Å². The number of benzene rings is 1. The van der Waals surface area contributed by atoms with E-state index in [0.717, 1.165) is 0 Å². The summed E-state index contributed by atoms with van der Waals surface area (Å²) in [4.78, 5) is 11.7. The maximum Gasteiger partial charge on any atom is 0.258 e. The second kappa shape index (κ2) is 6.91. The number of ether oxygens (including phenoxy) is 2. The molecule has 0 spiro atoms. The average Bonchev–Trinajstić information content (AvgIpc) is 2.90. The fourth-order valence-corrected chi connectivity index (χ4v) is 2.16. The van der Waals surface area contributed by atoms with Crippen LogP contribution < -0.4 is 10.1 Å². The van der Waals surface area contributed by atoms with Gasteiger partial charge in [-0.3, -0.25) is 4.79 Å². The average molecular weight is 293 g/mol. The first kappa shape index (κ1) is 15.8. The minimum Gasteiger partial charge on any atom is -0.484 e. The van der Waals surface area contributed by atoms with Crippen LogP contribution in [0.5, 0.6) is 5.75 Å². The van der Waals surface area contributed by atoms with E-state index in [-0.39, 0.29) is 25.7 Å². The monoisotopic (exact) mass is 293 g/mol. The van der Waals surface area contributed by atoms with Crippen molar-refractivity contribution in [1.82, 2.24) is 5.32 Å². The van der Waals surface area contributed by atoms with E-state index in [0.29, 0.717) is 24.7 Å². The molecule has 1 aromatic rings. The van der Waals surface area contributed by atoms with Crippen molar-refractivity contribution in [3.05, 3.63) is 29.8 Å². The summed E-state index contributed by atoms with van der Waals surface area (Å²) < 4.78 is 10.6. The second-order valence-corrected chi connectivity index (χ2v) is 5.82. The van der Waals surface area contributed by atoms with Gasteiger partial charge in [-0.05, 0) is 23.6 Å². The molecule has 0 aliphatic carbocycles. The third kappa shape index (κ3) is 4.72. The number of carbonyl (C=O) groups is 1. The highest BCUT2D eigenvalue weighted by Crippen LogP contribution is 2.20. The highest BCUT2D eigenvalue weighted by Gasteiger charge is 2.32. The third-order valence-corrected chi connectivity index (χ3v) is 3.59. The molecule has 2 N–H and O–H groups in total. The SMILES string of the molecule is CC(C)c1cccc(OCC(=O)NCC2(O)CCOC2)c1. The van der Waals surface area contributed by atoms with Crippen molar-refractivity contribution in [2.45, 2.75) is 31.8 Å². The smallest absolute Gasteiger partial charge is 0.258 e. The molecule has 2 rings (SSSR count). The number of amides is 1. The maximum atomic E-state index is 11.7. The topological polar surface area (TPSA) is 67.8 Å². The summed E-state index contributed by atoms with van der Waals surface area (Å²) in [5, 5.41) is 12.7. The van der Waals surface area contributed by atoms with Gasteiger partial charge in [0, 0.05) is 19.6 Å². The summed E-state index contributed by atoms with van der Waals surface area (Å²) in [5.74, 6) is 0.850. The number of carbonyl (C=O) groups excluding carboxylic acids is 1. The Hall–Kier alpha value is -1.59. The van der Waals surface area contributed by atoms with Crippen molar-refractivity contribution in [2.24, 2.45) is 0 Å². The standard InChI is InChI=1S/C16H23NO4/c1-12(2)13-4-3-5-14(8-13)21-9-15(18)17-10-16(19)6-7-20-11-16/h3-5,8,12,19H,6-7,9-11H2,1-2H3,(H,17,18). The number of rotatable bonds is 6. The zero-order valence-corrected chi connectivity index (χ0v) is 12.6. The first-order valence-electron chi connectivity index (χ1n) is 7.28. The summed E-state index contributed by atoms with van der Waals surface area (Å²) in [5.41, 5.74) is 0.234. The summed E-state index contributed by atoms with van der Waals surface area (Å²) in [6.45, 7) is 5.15. The quantitative estimate of drug-likeness (QED) is 0.833. The van der Waals surface area contributed by atoms with Gasteiger partial charge in [0.25, 0.3) is 5.91 Å². The zero-order chi connectivity index (χ0) is 15.3. The Bertz CT molecular complexity index is 481. The zero-order valence-electron chi connectivity index (χ0n) is 12.6. The van der Waals surface area contributed by atoms with E-state index in [1.807, 2.05) is 24.3 Å². The van der Waals surface area contributed by atoms with Crippen molar-refractivity contribution < 1.29 is 19.4 Å². The third-order valence-electron chi connectivity index (χ3n) is 3.59. The Kier molecular flexibility index (Phi) is 5.20. The highest BCUT2D eigenvalue weighted by molar-refractivity contribution is 5.77. The normalized spacial score (nSPS) is 21.5. The van der Waals surface area contributed by atoms with Gasteiger partial charge in [0.1, 0.15) is 11.4 Å². The number of hydrogen-bond donors (Lipinski definition) is 2. The fourth-order valence-electron chi connectivity index (χ4n) is 2.16. The van der Waals surface area contributed by atoms with E-state index < -0.39 is 5.60 Å². The predicted octanol–water partition coefficient (Wildman–Crippen LogP) is 1.46. The molecule has 1 unspecified atom stereocenters. The number of nitrogens with one attached hydrogen (secondary N) is 1. The Labute approximate surface area is 125 Å². The number of aliphatic hydroxyl groups is 1. The molecule has 1 aliphatic heterocycles. The fraction of sp³-hybridized carbons (Fsp3) is 0.562. The molecule has 0 saturated carbocycles. The van der Waals surface area contributed by atoms with E-state index in [1.54, 1.807) is 0 Å². The lowest BCUT2D eigenvalue weighted by Gasteiger charge is -2.20. The highest BCUT2D eigenvalue weighted by atomic mass is 16.5. The van der Waals surface area contributed by atoms with Gasteiger partial charge in [0.05, 0.1) is 6.61 Å². The van der Waals surface area contributed by atoms with Gasteiger partial charge >= 0.3 is 0 Å². The van der Waals surface area contributed by atoms with E-state index >= 15 is 0 Å². The minimum absolute atomic E-state index is 0.0571. The van der Waals surface area contributed by atoms with Crippen LogP contribution in [0.25, 0.3) is 0 Å². The Morgan fingerprint density at radius 2 is 2.33 bits per heavy atom. The van der Waals surface area contributed by atoms with E-state index in [9.17, 15) is 9.90 Å². The van der Waals surface area contributed by atoms with Crippen LogP contribution in [-0.4, -0.2) is 43.0 Å². The van der Waals surface area contributed by atoms with E-state index in [1.165, 1.54) is 5.56 Å². The van der Waals surface area contributed by atoms with Gasteiger partial charge in [0.15, 0.2) is 6.61 Å². The summed E-state index contributed by atoms with van der Waals surface area (Å²) >= 11 is 0. The molecule has 1 atom stereocenters. The Morgan fingerprint density at radius 1 is 1.52 bits per heavy atom. The van der Waals surface area contributed by atoms with Crippen LogP contribution in [0.1, 0.15) is 31.7 Å². The molecule has 1 amide bonds. The first-order valence-corrected chi connectivity index (χ1v) is 7.28. The van der Waals surface area contributed by atoms with Gasteiger partial charge in [-0.1, -0.05) is 26.0 Å². The van der Waals surface area contributed by atoms with Crippen LogP contribution in [0.4, 0.5) is 0 Å². The largest absolute Gasteiger partial charge is 0.484 e. The van der Waals surface area contributed by atoms with Crippen LogP contribution in [0, 0.1) is 0 Å². The van der Waals surface area contributed by atoms with Crippen molar-refractivity contribution >= 4 is 5.91 Å². The van der Waals surface area contributed by atoms with Crippen molar-refractivity contribution in [1.29, 1.82) is 0 Å². The van der Waals surface area contributed by atoms with Crippen molar-refractivity contribution in [3.63, 3.8) is 0 Å². The molecule has 0 aromatic heterocycles. The maximum absolute atomic E-state index is 11.7. The lowest BCUT2D eigenvalue weighted by molar-refractivity contribution is -0.124. The van der Waals surface area contributed by atoms with Crippen LogP contribution in [0.2, 0.25) is 0 Å². The van der Waals surface area contributed by atoms with Crippen molar-refractivity contribution in [2.75, 3.05) is 26.4 Å². The second-order valence-electron chi connectivity index (χ2n) is 5.82. The molecule has 1 aliphatic rings. The number of hydrogen-bond acceptors (Lipinski definition) is 4. The molecule has 21 heavy (non-hydrogen) atoms. The molecule has 1 saturated heterocycles. The Balaban J connectivity index is 1.77. The van der Waals surface area contributed by atoms with Gasteiger partial charge in [-0.2, -0.15) is 0 Å². The molecular formula is C16H23NO4. The molecule has 1 heterocycles. The molecule has 0 bridgehead atoms. The van der Waals surface area contributed by atoms with Crippen molar-refractivity contribution in [3.8, 4) is 5.75 Å². The van der Waals surface area contributed by atoms with E-state index in [4.69, 9.17) is 9.47 Å². The first-order chi connectivity index (χ1) is 9.98. The lowest BCUT2D eigenvalue weighted by Crippen LogP contribution is -2.44. The van der Waals surface area contributed by atoms with Gasteiger partial charge in [-0.15, -0.1) is 0 Å². The molecule has 1 aromatic carbocycles. The molecule has 116 valence electrons. The minimum atomic E-state index is -0.937. The summed E-state index contributed by atoms with van der Waals surface area (Å²) in [6, 6.07) is 7.72. The molecule has 0 radical (unpaired) electrons. The molecule has 1 fully saturated rings. The van der Waals surface area contributed by atoms with E-state index in [2.05, 4.69) is 19.2 Å². The molecule has 5 nitrogen and oxygen atoms in total. The predicted molar refractivity (Wildman–Crippen MR) is 79.4 cm³/mol. The summed E-state index contributed by atoms with van der Waals surface area (Å²) in [6.07, 6.45) is 0.546. The van der Waals surface area contributed by atoms with Crippen LogP contribution in [0.15, 0.2) is 24.3 Å². The molecular weight excluding hydrogens is 270 g/mol. The lowest BCUT2D eigenvalue weighted by atomic mass is 10.0. The van der Waals surface area contributed by atoms with Crippen LogP contribution >= 0.6 is 0 Å². The van der Waals surface area contributed by atoms with Crippen LogP contribution in [-0.2, 0) is 9.53 Å². The van der Waals surface area contributed by atoms with Gasteiger partial charge < -0.3 is 19.9 Å². The van der Waals surface area contributed by atoms with Gasteiger partial charge in [0.2, 0.25) is 0 Å². The molecule has 5 heteroatoms. The van der Waals surface area contributed by atoms with Crippen LogP contribution in [0.3, 0.4) is 0 Å². The summed E-state index contributed by atoms with van der Waals surface area (Å²) in [7, 11) is 0. The Morgan fingerprint density at radius 3 is 3.00 bits per heavy atom.